The van der Waals surface area contributed by atoms with E-state index in [2.05, 4.69) is 20.3 Å². The summed E-state index contributed by atoms with van der Waals surface area (Å²) in [5.41, 5.74) is 3.43. The van der Waals surface area contributed by atoms with Gasteiger partial charge in [0.25, 0.3) is 10.0 Å². The molecule has 2 aromatic carbocycles. The number of amides is 1. The third-order valence-corrected chi connectivity index (χ3v) is 7.90. The summed E-state index contributed by atoms with van der Waals surface area (Å²) in [6.45, 7) is 3.09. The first-order valence-corrected chi connectivity index (χ1v) is 12.8. The maximum absolute atomic E-state index is 13.0. The van der Waals surface area contributed by atoms with Crippen LogP contribution in [0.25, 0.3) is 22.4 Å². The number of fused-ring (bicyclic) bond motifs is 1. The van der Waals surface area contributed by atoms with E-state index in [1.54, 1.807) is 4.57 Å². The average Bonchev–Trinajstić information content (AvgIpc) is 3.52. The summed E-state index contributed by atoms with van der Waals surface area (Å²) in [6, 6.07) is 15.3. The second-order valence-electron chi connectivity index (χ2n) is 8.41. The molecule has 3 heterocycles. The van der Waals surface area contributed by atoms with Crippen molar-refractivity contribution in [2.75, 3.05) is 18.4 Å². The highest BCUT2D eigenvalue weighted by Gasteiger charge is 2.34. The molecule has 1 unspecified atom stereocenters. The monoisotopic (exact) mass is 478 g/mol. The Kier molecular flexibility index (Phi) is 5.93. The van der Waals surface area contributed by atoms with Crippen LogP contribution in [0.1, 0.15) is 19.8 Å². The topological polar surface area (TPSA) is 113 Å². The van der Waals surface area contributed by atoms with Crippen molar-refractivity contribution >= 4 is 32.7 Å². The van der Waals surface area contributed by atoms with Gasteiger partial charge in [-0.15, -0.1) is 0 Å². The Morgan fingerprint density at radius 1 is 1.18 bits per heavy atom. The largest absolute Gasteiger partial charge is 0.338 e. The Bertz CT molecular complexity index is 1390. The maximum Gasteiger partial charge on any atom is 0.262 e. The number of imidazole rings is 2. The fourth-order valence-corrected chi connectivity index (χ4v) is 5.66. The van der Waals surface area contributed by atoms with Crippen molar-refractivity contribution < 1.29 is 13.2 Å². The van der Waals surface area contributed by atoms with Crippen LogP contribution in [0.15, 0.2) is 66.1 Å². The zero-order valence-corrected chi connectivity index (χ0v) is 19.6. The summed E-state index contributed by atoms with van der Waals surface area (Å²) >= 11 is 0. The maximum atomic E-state index is 13.0. The van der Waals surface area contributed by atoms with Gasteiger partial charge < -0.3 is 14.9 Å². The van der Waals surface area contributed by atoms with E-state index in [1.165, 1.54) is 16.8 Å². The van der Waals surface area contributed by atoms with E-state index in [0.717, 1.165) is 22.4 Å². The zero-order chi connectivity index (χ0) is 23.7. The van der Waals surface area contributed by atoms with Gasteiger partial charge in [0, 0.05) is 37.1 Å². The molecule has 5 rings (SSSR count). The lowest BCUT2D eigenvalue weighted by molar-refractivity contribution is -0.120. The molecule has 0 saturated carbocycles. The van der Waals surface area contributed by atoms with Crippen molar-refractivity contribution in [3.05, 3.63) is 61.1 Å². The van der Waals surface area contributed by atoms with E-state index in [4.69, 9.17) is 0 Å². The molecule has 9 nitrogen and oxygen atoms in total. The molecule has 2 aromatic heterocycles. The number of rotatable bonds is 6. The molecular formula is C24H26N6O3S. The van der Waals surface area contributed by atoms with Crippen LogP contribution in [0.4, 0.5) is 5.69 Å². The predicted molar refractivity (Wildman–Crippen MR) is 130 cm³/mol. The molecule has 10 heteroatoms. The molecule has 0 aliphatic carbocycles. The predicted octanol–water partition coefficient (Wildman–Crippen LogP) is 3.49. The second-order valence-corrected chi connectivity index (χ2v) is 10.3. The molecular weight excluding hydrogens is 452 g/mol. The van der Waals surface area contributed by atoms with Crippen LogP contribution in [0.2, 0.25) is 0 Å². The number of aromatic nitrogens is 4. The summed E-state index contributed by atoms with van der Waals surface area (Å²) in [7, 11) is -3.73. The minimum Gasteiger partial charge on any atom is -0.338 e. The number of nitrogens with one attached hydrogen (secondary N) is 2. The standard InChI is InChI=1S/C24H26N6O3S/c1-2-29-15-22(25-16-29)34(32,33)30-13-5-6-18(14-30)24(31)26-19-11-9-17(10-12-19)23-27-20-7-3-4-8-21(20)28-23/h3-4,7-12,15-16,18H,2,5-6,13-14H2,1H3,(H,26,31)(H,27,28). The first-order valence-electron chi connectivity index (χ1n) is 11.3. The molecule has 2 N–H and O–H groups in total. The molecule has 1 fully saturated rings. The molecule has 1 amide bonds. The average molecular weight is 479 g/mol. The molecule has 0 spiro atoms. The lowest BCUT2D eigenvalue weighted by Crippen LogP contribution is -2.43. The van der Waals surface area contributed by atoms with Gasteiger partial charge in [-0.2, -0.15) is 4.31 Å². The van der Waals surface area contributed by atoms with Crippen LogP contribution in [0, 0.1) is 5.92 Å². The van der Waals surface area contributed by atoms with E-state index in [1.807, 2.05) is 55.5 Å². The molecule has 1 aliphatic rings. The minimum atomic E-state index is -3.73. The SMILES string of the molecule is CCn1cnc(S(=O)(=O)N2CCCC(C(=O)Nc3ccc(-c4nc5ccccc5[nH]4)cc3)C2)c1. The second kappa shape index (κ2) is 9.03. The fraction of sp³-hybridized carbons (Fsp3) is 0.292. The van der Waals surface area contributed by atoms with Crippen molar-refractivity contribution in [1.82, 2.24) is 23.8 Å². The fourth-order valence-electron chi connectivity index (χ4n) is 4.20. The number of sulfonamides is 1. The van der Waals surface area contributed by atoms with Crippen molar-refractivity contribution in [3.8, 4) is 11.4 Å². The van der Waals surface area contributed by atoms with Gasteiger partial charge in [-0.25, -0.2) is 18.4 Å². The summed E-state index contributed by atoms with van der Waals surface area (Å²) in [4.78, 5) is 24.9. The number of carbonyl (C=O) groups is 1. The summed E-state index contributed by atoms with van der Waals surface area (Å²) in [5.74, 6) is 0.153. The molecule has 1 atom stereocenters. The van der Waals surface area contributed by atoms with Gasteiger partial charge in [-0.1, -0.05) is 12.1 Å². The van der Waals surface area contributed by atoms with E-state index in [-0.39, 0.29) is 17.5 Å². The van der Waals surface area contributed by atoms with Crippen LogP contribution in [-0.2, 0) is 21.4 Å². The number of aromatic amines is 1. The highest BCUT2D eigenvalue weighted by Crippen LogP contribution is 2.25. The van der Waals surface area contributed by atoms with Crippen LogP contribution in [0.5, 0.6) is 0 Å². The third-order valence-electron chi connectivity index (χ3n) is 6.15. The first kappa shape index (κ1) is 22.3. The lowest BCUT2D eigenvalue weighted by atomic mass is 9.98. The summed E-state index contributed by atoms with van der Waals surface area (Å²) in [6.07, 6.45) is 4.30. The van der Waals surface area contributed by atoms with Crippen molar-refractivity contribution in [2.45, 2.75) is 31.3 Å². The minimum absolute atomic E-state index is 0.0246. The molecule has 4 aromatic rings. The number of H-pyrrole nitrogens is 1. The van der Waals surface area contributed by atoms with Crippen molar-refractivity contribution in [3.63, 3.8) is 0 Å². The Balaban J connectivity index is 1.25. The molecule has 176 valence electrons. The zero-order valence-electron chi connectivity index (χ0n) is 18.8. The number of para-hydroxylation sites is 2. The number of carbonyl (C=O) groups excluding carboxylic acids is 1. The van der Waals surface area contributed by atoms with Crippen LogP contribution in [0.3, 0.4) is 0 Å². The number of nitrogens with zero attached hydrogens (tertiary/aromatic N) is 4. The Morgan fingerprint density at radius 2 is 1.97 bits per heavy atom. The number of anilines is 1. The molecule has 1 saturated heterocycles. The van der Waals surface area contributed by atoms with Gasteiger partial charge in [-0.3, -0.25) is 4.79 Å². The Morgan fingerprint density at radius 3 is 2.71 bits per heavy atom. The molecule has 34 heavy (non-hydrogen) atoms. The van der Waals surface area contributed by atoms with Crippen LogP contribution in [-0.4, -0.2) is 51.2 Å². The lowest BCUT2D eigenvalue weighted by Gasteiger charge is -2.30. The van der Waals surface area contributed by atoms with Gasteiger partial charge in [0.2, 0.25) is 5.91 Å². The number of aryl methyl sites for hydroxylation is 1. The number of benzene rings is 2. The van der Waals surface area contributed by atoms with Gasteiger partial charge in [0.15, 0.2) is 5.03 Å². The number of hydrogen-bond acceptors (Lipinski definition) is 5. The first-order chi connectivity index (χ1) is 16.4. The molecule has 0 radical (unpaired) electrons. The summed E-state index contributed by atoms with van der Waals surface area (Å²) in [5, 5.41) is 2.96. The van der Waals surface area contributed by atoms with Gasteiger partial charge in [0.1, 0.15) is 5.82 Å². The van der Waals surface area contributed by atoms with E-state index < -0.39 is 15.9 Å². The highest BCUT2D eigenvalue weighted by atomic mass is 32.2. The number of piperidine rings is 1. The van der Waals surface area contributed by atoms with E-state index in [9.17, 15) is 13.2 Å². The third kappa shape index (κ3) is 4.34. The smallest absolute Gasteiger partial charge is 0.262 e. The van der Waals surface area contributed by atoms with Crippen molar-refractivity contribution in [1.29, 1.82) is 0 Å². The molecule has 0 bridgehead atoms. The quantitative estimate of drug-likeness (QED) is 0.441. The molecule has 1 aliphatic heterocycles. The van der Waals surface area contributed by atoms with Gasteiger partial charge >= 0.3 is 0 Å². The van der Waals surface area contributed by atoms with E-state index >= 15 is 0 Å². The van der Waals surface area contributed by atoms with Crippen LogP contribution >= 0.6 is 0 Å². The normalized spacial score (nSPS) is 17.1. The van der Waals surface area contributed by atoms with Crippen LogP contribution < -0.4 is 5.32 Å². The van der Waals surface area contributed by atoms with E-state index in [0.29, 0.717) is 31.6 Å². The summed E-state index contributed by atoms with van der Waals surface area (Å²) < 4.78 is 29.1. The van der Waals surface area contributed by atoms with Crippen molar-refractivity contribution in [2.24, 2.45) is 5.92 Å². The number of hydrogen-bond donors (Lipinski definition) is 2. The Hall–Kier alpha value is -3.50. The Labute approximate surface area is 197 Å². The van der Waals surface area contributed by atoms with Gasteiger partial charge in [-0.05, 0) is 56.2 Å². The van der Waals surface area contributed by atoms with Gasteiger partial charge in [0.05, 0.1) is 23.3 Å². The highest BCUT2D eigenvalue weighted by molar-refractivity contribution is 7.89.